The van der Waals surface area contributed by atoms with E-state index in [1.54, 1.807) is 54.6 Å². The molecular weight excluding hydrogens is 797 g/mol. The number of carboxylic acid groups (broad SMARTS) is 2. The number of fused-ring (bicyclic) bond motifs is 2. The Morgan fingerprint density at radius 2 is 0.968 bits per heavy atom. The van der Waals surface area contributed by atoms with Gasteiger partial charge in [-0.3, -0.25) is 9.59 Å². The Bertz CT molecular complexity index is 2560. The monoisotopic (exact) mass is 846 g/mol. The van der Waals surface area contributed by atoms with Crippen molar-refractivity contribution in [1.29, 1.82) is 0 Å². The predicted octanol–water partition coefficient (Wildman–Crippen LogP) is 10.2. The van der Waals surface area contributed by atoms with Crippen LogP contribution >= 0.6 is 0 Å². The van der Waals surface area contributed by atoms with E-state index < -0.39 is 11.9 Å². The zero-order valence-corrected chi connectivity index (χ0v) is 34.3. The normalized spacial score (nSPS) is 10.9. The highest BCUT2D eigenvalue weighted by Gasteiger charge is 2.13. The minimum atomic E-state index is -1.20. The van der Waals surface area contributed by atoms with E-state index in [1.165, 1.54) is 42.5 Å². The molecule has 0 aliphatic carbocycles. The minimum absolute atomic E-state index is 0.000403. The number of hydrogen-bond acceptors (Lipinski definition) is 11. The third-order valence-electron chi connectivity index (χ3n) is 10.2. The SMILES string of the molecule is CCCc1cc(C(=O)O)ccc1OCCCCCC(=O)c1ccc2cc(O)c(O)cc2c1.O=C(CCCCCOc1ccc(C(=O)O)c(O)c1)c1ccc2cc(O)c(O)cc2c1. The summed E-state index contributed by atoms with van der Waals surface area (Å²) >= 11 is 0. The van der Waals surface area contributed by atoms with Gasteiger partial charge in [0.2, 0.25) is 0 Å². The van der Waals surface area contributed by atoms with Crippen molar-refractivity contribution in [2.24, 2.45) is 0 Å². The molecule has 7 N–H and O–H groups in total. The van der Waals surface area contributed by atoms with Gasteiger partial charge in [0, 0.05) is 30.0 Å². The summed E-state index contributed by atoms with van der Waals surface area (Å²) in [4.78, 5) is 46.9. The van der Waals surface area contributed by atoms with Crippen LogP contribution in [0, 0.1) is 0 Å². The number of ketones is 2. The molecule has 0 unspecified atom stereocenters. The van der Waals surface area contributed by atoms with Gasteiger partial charge in [0.15, 0.2) is 34.6 Å². The number of benzene rings is 6. The summed E-state index contributed by atoms with van der Waals surface area (Å²) in [6.07, 6.45) is 6.99. The maximum atomic E-state index is 12.5. The van der Waals surface area contributed by atoms with E-state index in [1.807, 2.05) is 6.92 Å². The maximum absolute atomic E-state index is 12.5. The maximum Gasteiger partial charge on any atom is 0.339 e. The number of rotatable bonds is 20. The molecule has 6 rings (SSSR count). The molecular formula is C49H50O13. The molecule has 6 aromatic rings. The lowest BCUT2D eigenvalue weighted by atomic mass is 10.0. The van der Waals surface area contributed by atoms with E-state index in [4.69, 9.17) is 19.7 Å². The summed E-state index contributed by atoms with van der Waals surface area (Å²) < 4.78 is 11.4. The Hall–Kier alpha value is -7.28. The van der Waals surface area contributed by atoms with Gasteiger partial charge in [-0.05, 0) is 139 Å². The quantitative estimate of drug-likeness (QED) is 0.0216. The molecule has 0 aliphatic heterocycles. The Morgan fingerprint density at radius 1 is 0.468 bits per heavy atom. The van der Waals surface area contributed by atoms with Crippen molar-refractivity contribution in [3.8, 4) is 40.2 Å². The second-order valence-corrected chi connectivity index (χ2v) is 14.8. The lowest BCUT2D eigenvalue weighted by Crippen LogP contribution is -2.04. The van der Waals surface area contributed by atoms with Gasteiger partial charge in [-0.15, -0.1) is 0 Å². The number of aromatic carboxylic acids is 2. The van der Waals surface area contributed by atoms with Gasteiger partial charge >= 0.3 is 11.9 Å². The standard InChI is InChI=1S/C26H28O6.C23H22O7/c1-2-6-19-14-20(26(30)31)10-11-25(19)32-12-5-3-4-7-22(27)18-9-8-17-15-23(28)24(29)16-21(17)13-18;24-19(15-6-5-14-11-21(26)22(27)12-16(14)10-15)4-2-1-3-9-30-17-7-8-18(23(28)29)20(25)13-17/h8-11,13-16,28-29H,2-7,12H2,1H3,(H,30,31);5-8,10-13,25-27H,1-4,9H2,(H,28,29). The number of carbonyl (C=O) groups is 4. The number of ether oxygens (including phenoxy) is 2. The first kappa shape index (κ1) is 45.8. The Labute approximate surface area is 358 Å². The van der Waals surface area contributed by atoms with Crippen LogP contribution < -0.4 is 9.47 Å². The van der Waals surface area contributed by atoms with Gasteiger partial charge < -0.3 is 45.2 Å². The molecule has 0 aliphatic rings. The van der Waals surface area contributed by atoms with Crippen LogP contribution in [0.3, 0.4) is 0 Å². The summed E-state index contributed by atoms with van der Waals surface area (Å²) in [6.45, 7) is 2.94. The predicted molar refractivity (Wildman–Crippen MR) is 234 cm³/mol. The van der Waals surface area contributed by atoms with Crippen molar-refractivity contribution in [2.75, 3.05) is 13.2 Å². The third-order valence-corrected chi connectivity index (χ3v) is 10.2. The number of aromatic hydroxyl groups is 5. The molecule has 13 nitrogen and oxygen atoms in total. The Kier molecular flexibility index (Phi) is 16.1. The second-order valence-electron chi connectivity index (χ2n) is 14.8. The fourth-order valence-electron chi connectivity index (χ4n) is 6.78. The number of phenolic OH excluding ortho intramolecular Hbond substituents is 4. The number of phenols is 5. The summed E-state index contributed by atoms with van der Waals surface area (Å²) in [5, 5.41) is 69.0. The average molecular weight is 847 g/mol. The fourth-order valence-corrected chi connectivity index (χ4v) is 6.78. The molecule has 0 amide bonds. The molecule has 324 valence electrons. The number of Topliss-reactive ketones (excluding diaryl/α,β-unsaturated/α-hetero) is 2. The van der Waals surface area contributed by atoms with Gasteiger partial charge in [0.05, 0.1) is 18.8 Å². The van der Waals surface area contributed by atoms with Gasteiger partial charge in [-0.1, -0.05) is 37.6 Å². The number of carbonyl (C=O) groups excluding carboxylic acids is 2. The van der Waals surface area contributed by atoms with Crippen LogP contribution in [-0.4, -0.2) is 72.5 Å². The molecule has 0 atom stereocenters. The highest BCUT2D eigenvalue weighted by atomic mass is 16.5. The lowest BCUT2D eigenvalue weighted by Gasteiger charge is -2.12. The zero-order valence-electron chi connectivity index (χ0n) is 34.3. The molecule has 0 saturated carbocycles. The smallest absolute Gasteiger partial charge is 0.339 e. The Balaban J connectivity index is 0.000000235. The largest absolute Gasteiger partial charge is 0.507 e. The van der Waals surface area contributed by atoms with Crippen molar-refractivity contribution in [1.82, 2.24) is 0 Å². The first-order valence-corrected chi connectivity index (χ1v) is 20.4. The van der Waals surface area contributed by atoms with Crippen molar-refractivity contribution >= 4 is 45.0 Å². The molecule has 0 aromatic heterocycles. The highest BCUT2D eigenvalue weighted by Crippen LogP contribution is 2.32. The van der Waals surface area contributed by atoms with Crippen molar-refractivity contribution in [3.05, 3.63) is 125 Å². The van der Waals surface area contributed by atoms with Gasteiger partial charge in [-0.2, -0.15) is 0 Å². The number of aryl methyl sites for hydroxylation is 1. The Morgan fingerprint density at radius 3 is 1.45 bits per heavy atom. The van der Waals surface area contributed by atoms with Gasteiger partial charge in [0.1, 0.15) is 22.8 Å². The van der Waals surface area contributed by atoms with Crippen LogP contribution in [0.5, 0.6) is 40.2 Å². The van der Waals surface area contributed by atoms with E-state index in [9.17, 15) is 44.7 Å². The van der Waals surface area contributed by atoms with Crippen molar-refractivity contribution in [3.63, 3.8) is 0 Å². The summed E-state index contributed by atoms with van der Waals surface area (Å²) in [5.74, 6) is -2.16. The average Bonchev–Trinajstić information content (AvgIpc) is 3.24. The minimum Gasteiger partial charge on any atom is -0.507 e. The van der Waals surface area contributed by atoms with Crippen molar-refractivity contribution in [2.45, 2.75) is 71.1 Å². The molecule has 0 fully saturated rings. The second kappa shape index (κ2) is 21.8. The molecule has 13 heteroatoms. The number of unbranched alkanes of at least 4 members (excludes halogenated alkanes) is 4. The number of hydrogen-bond donors (Lipinski definition) is 7. The zero-order chi connectivity index (χ0) is 44.8. The van der Waals surface area contributed by atoms with Crippen LogP contribution in [0.15, 0.2) is 97.1 Å². The molecule has 6 aromatic carbocycles. The van der Waals surface area contributed by atoms with Crippen LogP contribution in [0.25, 0.3) is 21.5 Å². The van der Waals surface area contributed by atoms with Crippen molar-refractivity contribution < 1.29 is 64.4 Å². The molecule has 0 saturated heterocycles. The topological polar surface area (TPSA) is 228 Å². The summed E-state index contributed by atoms with van der Waals surface area (Å²) in [5.41, 5.74) is 2.12. The highest BCUT2D eigenvalue weighted by molar-refractivity contribution is 6.01. The van der Waals surface area contributed by atoms with Gasteiger partial charge in [-0.25, -0.2) is 9.59 Å². The van der Waals surface area contributed by atoms with Crippen LogP contribution in [-0.2, 0) is 6.42 Å². The molecule has 0 heterocycles. The van der Waals surface area contributed by atoms with E-state index in [0.717, 1.165) is 60.6 Å². The molecule has 0 radical (unpaired) electrons. The first-order valence-electron chi connectivity index (χ1n) is 20.4. The lowest BCUT2D eigenvalue weighted by molar-refractivity contribution is 0.0684. The summed E-state index contributed by atoms with van der Waals surface area (Å²) in [6, 6.07) is 25.2. The van der Waals surface area contributed by atoms with Gasteiger partial charge in [0.25, 0.3) is 0 Å². The van der Waals surface area contributed by atoms with E-state index in [2.05, 4.69) is 0 Å². The fraction of sp³-hybridized carbons (Fsp3) is 0.265. The first-order chi connectivity index (χ1) is 29.7. The molecule has 0 bridgehead atoms. The van der Waals surface area contributed by atoms with E-state index in [0.29, 0.717) is 66.5 Å². The summed E-state index contributed by atoms with van der Waals surface area (Å²) in [7, 11) is 0. The van der Waals surface area contributed by atoms with E-state index >= 15 is 0 Å². The number of carboxylic acids is 2. The van der Waals surface area contributed by atoms with Crippen LogP contribution in [0.1, 0.15) is 112 Å². The van der Waals surface area contributed by atoms with Crippen LogP contribution in [0.4, 0.5) is 0 Å². The van der Waals surface area contributed by atoms with E-state index in [-0.39, 0.29) is 51.4 Å². The molecule has 62 heavy (non-hydrogen) atoms. The van der Waals surface area contributed by atoms with Crippen LogP contribution in [0.2, 0.25) is 0 Å². The third kappa shape index (κ3) is 12.6. The molecule has 0 spiro atoms.